The molecule has 0 aliphatic heterocycles. The summed E-state index contributed by atoms with van der Waals surface area (Å²) in [6.07, 6.45) is 0.266. The van der Waals surface area contributed by atoms with Gasteiger partial charge >= 0.3 is 5.97 Å². The molecular weight excluding hydrogens is 486 g/mol. The Morgan fingerprint density at radius 3 is 2.31 bits per heavy atom. The number of anilines is 1. The van der Waals surface area contributed by atoms with Crippen LogP contribution >= 0.6 is 0 Å². The van der Waals surface area contributed by atoms with E-state index in [4.69, 9.17) is 14.6 Å². The van der Waals surface area contributed by atoms with Crippen molar-refractivity contribution in [3.05, 3.63) is 66.2 Å². The van der Waals surface area contributed by atoms with Crippen LogP contribution in [-0.2, 0) is 14.8 Å². The number of aromatic amines is 1. The van der Waals surface area contributed by atoms with E-state index in [1.165, 1.54) is 0 Å². The molecule has 0 fully saturated rings. The second-order valence-corrected chi connectivity index (χ2v) is 10.0. The van der Waals surface area contributed by atoms with E-state index in [9.17, 15) is 18.3 Å². The van der Waals surface area contributed by atoms with Crippen LogP contribution in [-0.4, -0.2) is 62.1 Å². The van der Waals surface area contributed by atoms with Gasteiger partial charge in [0, 0.05) is 41.7 Å². The van der Waals surface area contributed by atoms with Crippen molar-refractivity contribution >= 4 is 43.5 Å². The molecule has 0 radical (unpaired) electrons. The Kier molecular flexibility index (Phi) is 7.63. The van der Waals surface area contributed by atoms with Crippen molar-refractivity contribution in [2.45, 2.75) is 6.10 Å². The van der Waals surface area contributed by atoms with Crippen molar-refractivity contribution < 1.29 is 32.9 Å². The molecule has 4 rings (SSSR count). The monoisotopic (exact) mass is 513 g/mol. The number of rotatable bonds is 12. The largest absolute Gasteiger partial charge is 0.492 e. The van der Waals surface area contributed by atoms with E-state index in [1.54, 1.807) is 36.4 Å². The highest BCUT2D eigenvalue weighted by atomic mass is 32.2. The number of aliphatic hydroxyl groups excluding tert-OH is 1. The van der Waals surface area contributed by atoms with Crippen LogP contribution < -0.4 is 19.5 Å². The van der Waals surface area contributed by atoms with Gasteiger partial charge in [-0.1, -0.05) is 12.1 Å². The van der Waals surface area contributed by atoms with Crippen molar-refractivity contribution in [1.29, 1.82) is 0 Å². The molecule has 0 bridgehead atoms. The number of carbonyl (C=O) groups is 1. The smallest absolute Gasteiger partial charge is 0.341 e. The second kappa shape index (κ2) is 10.9. The van der Waals surface area contributed by atoms with Crippen LogP contribution in [0.15, 0.2) is 60.7 Å². The maximum atomic E-state index is 11.4. The predicted molar refractivity (Wildman–Crippen MR) is 137 cm³/mol. The summed E-state index contributed by atoms with van der Waals surface area (Å²) in [5, 5.41) is 24.3. The molecule has 190 valence electrons. The van der Waals surface area contributed by atoms with Crippen molar-refractivity contribution in [2.75, 3.05) is 37.3 Å². The summed E-state index contributed by atoms with van der Waals surface area (Å²) in [7, 11) is -3.39. The lowest BCUT2D eigenvalue weighted by molar-refractivity contribution is -0.139. The van der Waals surface area contributed by atoms with Gasteiger partial charge in [-0.2, -0.15) is 0 Å². The van der Waals surface area contributed by atoms with Gasteiger partial charge in [0.1, 0.15) is 18.1 Å². The molecule has 1 aromatic heterocycles. The van der Waals surface area contributed by atoms with Crippen LogP contribution in [0.5, 0.6) is 11.5 Å². The summed E-state index contributed by atoms with van der Waals surface area (Å²) < 4.78 is 36.3. The number of sulfonamides is 1. The number of carboxylic acids is 1. The number of nitrogens with one attached hydrogen (secondary N) is 3. The van der Waals surface area contributed by atoms with E-state index in [0.29, 0.717) is 35.9 Å². The summed E-state index contributed by atoms with van der Waals surface area (Å²) in [6.45, 7) is 0.745. The van der Waals surface area contributed by atoms with Gasteiger partial charge in [-0.15, -0.1) is 0 Å². The first kappa shape index (κ1) is 25.3. The zero-order valence-corrected chi connectivity index (χ0v) is 20.3. The molecule has 36 heavy (non-hydrogen) atoms. The van der Waals surface area contributed by atoms with E-state index >= 15 is 0 Å². The summed E-state index contributed by atoms with van der Waals surface area (Å²) >= 11 is 0. The first-order valence-electron chi connectivity index (χ1n) is 11.2. The Balaban J connectivity index is 1.29. The molecule has 10 nitrogen and oxygen atoms in total. The second-order valence-electron chi connectivity index (χ2n) is 8.29. The average molecular weight is 514 g/mol. The molecule has 0 unspecified atom stereocenters. The first-order valence-corrected chi connectivity index (χ1v) is 13.1. The first-order chi connectivity index (χ1) is 17.2. The summed E-state index contributed by atoms with van der Waals surface area (Å²) in [4.78, 5) is 14.0. The normalized spacial score (nSPS) is 12.5. The van der Waals surface area contributed by atoms with Crippen LogP contribution in [0, 0.1) is 0 Å². The maximum Gasteiger partial charge on any atom is 0.341 e. The van der Waals surface area contributed by atoms with Gasteiger partial charge in [-0.3, -0.25) is 4.72 Å². The summed E-state index contributed by atoms with van der Waals surface area (Å²) in [5.41, 5.74) is 2.70. The number of carboxylic acid groups (broad SMARTS) is 1. The van der Waals surface area contributed by atoms with Crippen LogP contribution in [0.3, 0.4) is 0 Å². The number of hydrogen-bond donors (Lipinski definition) is 5. The molecule has 0 spiro atoms. The fourth-order valence-corrected chi connectivity index (χ4v) is 4.37. The molecule has 4 aromatic rings. The average Bonchev–Trinajstić information content (AvgIpc) is 3.18. The molecule has 3 aromatic carbocycles. The summed E-state index contributed by atoms with van der Waals surface area (Å²) in [5.74, 6) is 0.117. The Hall–Kier alpha value is -3.80. The van der Waals surface area contributed by atoms with E-state index in [2.05, 4.69) is 15.0 Å². The molecule has 0 amide bonds. The molecule has 1 atom stereocenters. The number of H-pyrrole nitrogens is 1. The fourth-order valence-electron chi connectivity index (χ4n) is 3.81. The summed E-state index contributed by atoms with van der Waals surface area (Å²) in [6, 6.07) is 17.7. The predicted octanol–water partition coefficient (Wildman–Crippen LogP) is 2.86. The molecular formula is C25H27N3O7S. The minimum Gasteiger partial charge on any atom is -0.492 e. The third-order valence-corrected chi connectivity index (χ3v) is 5.97. The van der Waals surface area contributed by atoms with E-state index in [-0.39, 0.29) is 6.54 Å². The molecule has 0 aliphatic carbocycles. The molecule has 11 heteroatoms. The Morgan fingerprint density at radius 2 is 1.67 bits per heavy atom. The van der Waals surface area contributed by atoms with Gasteiger partial charge in [-0.25, -0.2) is 13.2 Å². The van der Waals surface area contributed by atoms with E-state index in [0.717, 1.165) is 28.1 Å². The Morgan fingerprint density at radius 1 is 1.00 bits per heavy atom. The highest BCUT2D eigenvalue weighted by molar-refractivity contribution is 7.92. The van der Waals surface area contributed by atoms with Gasteiger partial charge in [-0.05, 0) is 42.0 Å². The topological polar surface area (TPSA) is 150 Å². The molecule has 5 N–H and O–H groups in total. The minimum absolute atomic E-state index is 0.277. The van der Waals surface area contributed by atoms with Crippen molar-refractivity contribution in [2.24, 2.45) is 0 Å². The van der Waals surface area contributed by atoms with Gasteiger partial charge in [0.25, 0.3) is 0 Å². The van der Waals surface area contributed by atoms with E-state index in [1.807, 2.05) is 24.3 Å². The van der Waals surface area contributed by atoms with Gasteiger partial charge in [0.2, 0.25) is 10.0 Å². The number of aliphatic carboxylic acids is 1. The van der Waals surface area contributed by atoms with Crippen LogP contribution in [0.2, 0.25) is 0 Å². The van der Waals surface area contributed by atoms with Crippen molar-refractivity contribution in [3.63, 3.8) is 0 Å². The third kappa shape index (κ3) is 6.66. The SMILES string of the molecule is CS(=O)(=O)Nc1cccc([C@@H](O)CNCCOc2ccc3c(c2)[nH]c2cc(OCC(=O)O)ccc23)c1. The van der Waals surface area contributed by atoms with E-state index < -0.39 is 28.7 Å². The number of aliphatic hydroxyl groups is 1. The number of aromatic nitrogens is 1. The number of ether oxygens (including phenoxy) is 2. The van der Waals surface area contributed by atoms with Gasteiger partial charge in [0.15, 0.2) is 6.61 Å². The molecule has 1 heterocycles. The Labute approximate surface area is 207 Å². The number of fused-ring (bicyclic) bond motifs is 3. The fraction of sp³-hybridized carbons (Fsp3) is 0.240. The highest BCUT2D eigenvalue weighted by Crippen LogP contribution is 2.30. The minimum atomic E-state index is -3.39. The quantitative estimate of drug-likeness (QED) is 0.182. The van der Waals surface area contributed by atoms with Crippen LogP contribution in [0.4, 0.5) is 5.69 Å². The molecule has 0 saturated heterocycles. The van der Waals surface area contributed by atoms with Gasteiger partial charge < -0.3 is 30.0 Å². The highest BCUT2D eigenvalue weighted by Gasteiger charge is 2.10. The van der Waals surface area contributed by atoms with Crippen molar-refractivity contribution in [1.82, 2.24) is 10.3 Å². The number of benzene rings is 3. The zero-order valence-electron chi connectivity index (χ0n) is 19.5. The Bertz CT molecular complexity index is 1480. The third-order valence-electron chi connectivity index (χ3n) is 5.36. The molecule has 0 saturated carbocycles. The van der Waals surface area contributed by atoms with Crippen LogP contribution in [0.25, 0.3) is 21.8 Å². The molecule has 0 aliphatic rings. The van der Waals surface area contributed by atoms with Gasteiger partial charge in [0.05, 0.1) is 23.4 Å². The van der Waals surface area contributed by atoms with Crippen LogP contribution in [0.1, 0.15) is 11.7 Å². The zero-order chi connectivity index (χ0) is 25.7. The standard InChI is InChI=1S/C25H27N3O7S/c1-36(32,33)28-17-4-2-3-16(11-17)24(29)14-26-9-10-34-18-5-7-20-21-8-6-19(35-15-25(30)31)13-23(21)27-22(20)12-18/h2-8,11-13,24,26-29H,9-10,14-15H2,1H3,(H,30,31)/t24-/m0/s1. The number of hydrogen-bond acceptors (Lipinski definition) is 7. The maximum absolute atomic E-state index is 11.4. The lowest BCUT2D eigenvalue weighted by Crippen LogP contribution is -2.26. The lowest BCUT2D eigenvalue weighted by atomic mass is 10.1. The van der Waals surface area contributed by atoms with Crippen molar-refractivity contribution in [3.8, 4) is 11.5 Å². The lowest BCUT2D eigenvalue weighted by Gasteiger charge is -2.14.